The van der Waals surface area contributed by atoms with Crippen molar-refractivity contribution in [2.75, 3.05) is 0 Å². The van der Waals surface area contributed by atoms with E-state index in [0.29, 0.717) is 0 Å². The van der Waals surface area contributed by atoms with Gasteiger partial charge in [0.2, 0.25) is 0 Å². The fourth-order valence-corrected chi connectivity index (χ4v) is 10.7. The second kappa shape index (κ2) is 12.7. The smallest absolute Gasteiger partial charge is 0.143 e. The molecule has 1 aliphatic rings. The first kappa shape index (κ1) is 33.6. The lowest BCUT2D eigenvalue weighted by molar-refractivity contribution is 0.669. The van der Waals surface area contributed by atoms with Gasteiger partial charge >= 0.3 is 0 Å². The minimum absolute atomic E-state index is 0.893. The van der Waals surface area contributed by atoms with Crippen LogP contribution in [0.5, 0.6) is 0 Å². The molecule has 0 spiro atoms. The summed E-state index contributed by atoms with van der Waals surface area (Å²) in [6.45, 7) is 0. The van der Waals surface area contributed by atoms with Crippen molar-refractivity contribution >= 4 is 76.2 Å². The summed E-state index contributed by atoms with van der Waals surface area (Å²) in [4.78, 5) is 0. The molecule has 11 aromatic carbocycles. The van der Waals surface area contributed by atoms with E-state index in [-0.39, 0.29) is 0 Å². The van der Waals surface area contributed by atoms with Gasteiger partial charge in [0, 0.05) is 32.7 Å². The second-order valence-corrected chi connectivity index (χ2v) is 16.6. The summed E-state index contributed by atoms with van der Waals surface area (Å²) < 4.78 is 13.4. The fourth-order valence-electron chi connectivity index (χ4n) is 10.7. The molecule has 286 valence electrons. The van der Waals surface area contributed by atoms with Crippen molar-refractivity contribution < 1.29 is 8.83 Å². The molecule has 0 bridgehead atoms. The summed E-state index contributed by atoms with van der Waals surface area (Å²) >= 11 is 0. The van der Waals surface area contributed by atoms with Crippen LogP contribution in [0.25, 0.3) is 143 Å². The highest BCUT2D eigenvalue weighted by molar-refractivity contribution is 6.27. The fraction of sp³-hybridized carbons (Fsp3) is 0. The Morgan fingerprint density at radius 1 is 0.210 bits per heavy atom. The molecule has 0 radical (unpaired) electrons. The second-order valence-electron chi connectivity index (χ2n) is 16.6. The summed E-state index contributed by atoms with van der Waals surface area (Å²) in [6, 6.07) is 75.4. The van der Waals surface area contributed by atoms with E-state index in [0.717, 1.165) is 66.1 Å². The van der Waals surface area contributed by atoms with Gasteiger partial charge in [-0.15, -0.1) is 0 Å². The number of furan rings is 2. The number of benzene rings is 11. The first-order valence-electron chi connectivity index (χ1n) is 21.3. The Hall–Kier alpha value is -8.20. The van der Waals surface area contributed by atoms with Gasteiger partial charge in [-0.2, -0.15) is 0 Å². The molecule has 2 heteroatoms. The molecule has 1 aliphatic carbocycles. The molecule has 0 atom stereocenters. The molecule has 0 unspecified atom stereocenters. The topological polar surface area (TPSA) is 26.3 Å². The van der Waals surface area contributed by atoms with Gasteiger partial charge in [-0.1, -0.05) is 176 Å². The summed E-state index contributed by atoms with van der Waals surface area (Å²) in [6.07, 6.45) is 0. The molecule has 2 nitrogen and oxygen atoms in total. The Morgan fingerprint density at radius 2 is 0.597 bits per heavy atom. The van der Waals surface area contributed by atoms with E-state index in [2.05, 4.69) is 194 Å². The van der Waals surface area contributed by atoms with E-state index in [4.69, 9.17) is 8.83 Å². The van der Waals surface area contributed by atoms with Gasteiger partial charge in [0.15, 0.2) is 0 Å². The standard InChI is InChI=1S/C60H34O2/c1-4-17-40-37(14-1)38-15-2-5-18-41(38)53-34-55-51-32-35(36-22-11-25-48-43-20-7-9-28-56(43)61-59(36)48)30-31-47(51)58-45(39-16-3-6-19-42(39)54(55)33-52(40)53)23-12-24-46(58)50-27-13-26-49-44-21-8-10-29-57(44)62-60(49)50/h1-34H. The van der Waals surface area contributed by atoms with Crippen LogP contribution in [-0.4, -0.2) is 0 Å². The van der Waals surface area contributed by atoms with Crippen molar-refractivity contribution in [3.05, 3.63) is 206 Å². The highest BCUT2D eigenvalue weighted by atomic mass is 16.3. The van der Waals surface area contributed by atoms with Crippen LogP contribution >= 0.6 is 0 Å². The zero-order valence-electron chi connectivity index (χ0n) is 33.4. The summed E-state index contributed by atoms with van der Waals surface area (Å²) in [5.74, 6) is 0. The molecule has 0 N–H and O–H groups in total. The number of rotatable bonds is 2. The third-order valence-electron chi connectivity index (χ3n) is 13.4. The van der Waals surface area contributed by atoms with Crippen molar-refractivity contribution in [3.8, 4) is 66.8 Å². The van der Waals surface area contributed by atoms with E-state index in [9.17, 15) is 0 Å². The third-order valence-corrected chi connectivity index (χ3v) is 13.4. The van der Waals surface area contributed by atoms with Gasteiger partial charge in [-0.05, 0) is 118 Å². The summed E-state index contributed by atoms with van der Waals surface area (Å²) in [5, 5.41) is 12.0. The average Bonchev–Trinajstić information content (AvgIpc) is 3.92. The first-order valence-corrected chi connectivity index (χ1v) is 21.3. The normalized spacial score (nSPS) is 12.2. The van der Waals surface area contributed by atoms with Crippen LogP contribution in [-0.2, 0) is 0 Å². The summed E-state index contributed by atoms with van der Waals surface area (Å²) in [7, 11) is 0. The maximum absolute atomic E-state index is 6.76. The molecule has 0 saturated heterocycles. The third kappa shape index (κ3) is 4.64. The van der Waals surface area contributed by atoms with Crippen LogP contribution < -0.4 is 0 Å². The Balaban J connectivity index is 1.15. The van der Waals surface area contributed by atoms with Crippen molar-refractivity contribution in [1.82, 2.24) is 0 Å². The molecule has 0 fully saturated rings. The Bertz CT molecular complexity index is 4050. The van der Waals surface area contributed by atoms with Crippen LogP contribution in [0.1, 0.15) is 0 Å². The number of para-hydroxylation sites is 4. The lowest BCUT2D eigenvalue weighted by atomic mass is 9.76. The highest BCUT2D eigenvalue weighted by Crippen LogP contribution is 2.54. The van der Waals surface area contributed by atoms with Crippen molar-refractivity contribution in [1.29, 1.82) is 0 Å². The molecular weight excluding hydrogens is 753 g/mol. The Morgan fingerprint density at radius 3 is 1.21 bits per heavy atom. The first-order chi connectivity index (χ1) is 30.8. The quantitative estimate of drug-likeness (QED) is 0.163. The van der Waals surface area contributed by atoms with E-state index in [1.54, 1.807) is 0 Å². The number of hydrogen-bond donors (Lipinski definition) is 0. The van der Waals surface area contributed by atoms with E-state index < -0.39 is 0 Å². The minimum atomic E-state index is 0.893. The van der Waals surface area contributed by atoms with Gasteiger partial charge in [0.25, 0.3) is 0 Å². The lowest BCUT2D eigenvalue weighted by Gasteiger charge is -2.26. The van der Waals surface area contributed by atoms with Gasteiger partial charge < -0.3 is 8.83 Å². The summed E-state index contributed by atoms with van der Waals surface area (Å²) in [5.41, 5.74) is 17.5. The highest BCUT2D eigenvalue weighted by Gasteiger charge is 2.27. The monoisotopic (exact) mass is 786 g/mol. The van der Waals surface area contributed by atoms with Crippen LogP contribution in [0.15, 0.2) is 215 Å². The van der Waals surface area contributed by atoms with Gasteiger partial charge in [0.1, 0.15) is 22.3 Å². The molecular formula is C60H34O2. The molecule has 62 heavy (non-hydrogen) atoms. The minimum Gasteiger partial charge on any atom is -0.455 e. The SMILES string of the molecule is c1ccc2c(c1)-c1cc3c4ccccc4c4ccccc4c3cc1-c1cc(-c3cccc4c3oc3ccccc34)ccc1-c1c-2cccc1-c1cccc2c1oc1ccccc12. The molecule has 0 saturated carbocycles. The largest absolute Gasteiger partial charge is 0.455 e. The van der Waals surface area contributed by atoms with Crippen LogP contribution in [0.2, 0.25) is 0 Å². The average molecular weight is 787 g/mol. The molecule has 2 heterocycles. The van der Waals surface area contributed by atoms with E-state index in [1.807, 2.05) is 12.1 Å². The van der Waals surface area contributed by atoms with Crippen molar-refractivity contribution in [2.45, 2.75) is 0 Å². The van der Waals surface area contributed by atoms with Crippen LogP contribution in [0.4, 0.5) is 0 Å². The molecule has 0 aliphatic heterocycles. The number of hydrogen-bond acceptors (Lipinski definition) is 2. The Kier molecular flexibility index (Phi) is 6.86. The van der Waals surface area contributed by atoms with Gasteiger partial charge in [0.05, 0.1) is 0 Å². The molecule has 2 aromatic heterocycles. The van der Waals surface area contributed by atoms with Gasteiger partial charge in [-0.3, -0.25) is 0 Å². The van der Waals surface area contributed by atoms with Crippen molar-refractivity contribution in [2.24, 2.45) is 0 Å². The van der Waals surface area contributed by atoms with Crippen LogP contribution in [0, 0.1) is 0 Å². The Labute approximate surface area is 356 Å². The lowest BCUT2D eigenvalue weighted by Crippen LogP contribution is -2.00. The predicted molar refractivity (Wildman–Crippen MR) is 260 cm³/mol. The maximum Gasteiger partial charge on any atom is 0.143 e. The number of fused-ring (bicyclic) bond motifs is 20. The molecule has 0 amide bonds. The maximum atomic E-state index is 6.76. The van der Waals surface area contributed by atoms with Gasteiger partial charge in [-0.25, -0.2) is 0 Å². The van der Waals surface area contributed by atoms with Crippen LogP contribution in [0.3, 0.4) is 0 Å². The molecule has 14 rings (SSSR count). The van der Waals surface area contributed by atoms with E-state index >= 15 is 0 Å². The zero-order valence-corrected chi connectivity index (χ0v) is 33.4. The zero-order chi connectivity index (χ0) is 40.5. The molecule has 13 aromatic rings. The van der Waals surface area contributed by atoms with Crippen molar-refractivity contribution in [3.63, 3.8) is 0 Å². The predicted octanol–water partition coefficient (Wildman–Crippen LogP) is 17.3. The van der Waals surface area contributed by atoms with E-state index in [1.165, 1.54) is 76.8 Å².